The molecule has 0 aliphatic rings. The number of carbonyl (C=O) groups excluding carboxylic acids is 2. The fourth-order valence-corrected chi connectivity index (χ4v) is 1.42. The van der Waals surface area contributed by atoms with Crippen LogP contribution < -0.4 is 5.73 Å². The molecule has 1 atom stereocenters. The molecule has 0 spiro atoms. The second kappa shape index (κ2) is 6.16. The van der Waals surface area contributed by atoms with E-state index in [9.17, 15) is 14.4 Å². The first-order valence-corrected chi connectivity index (χ1v) is 4.90. The summed E-state index contributed by atoms with van der Waals surface area (Å²) in [6, 6.07) is 0. The summed E-state index contributed by atoms with van der Waals surface area (Å²) in [5.41, 5.74) is 4.95. The number of carbonyl (C=O) groups is 3. The fraction of sp³-hybridized carbons (Fsp3) is 0.700. The number of rotatable bonds is 7. The van der Waals surface area contributed by atoms with E-state index in [1.165, 1.54) is 0 Å². The van der Waals surface area contributed by atoms with Crippen LogP contribution in [-0.2, 0) is 14.4 Å². The van der Waals surface area contributed by atoms with Gasteiger partial charge in [-0.1, -0.05) is 13.8 Å². The highest BCUT2D eigenvalue weighted by Crippen LogP contribution is 2.18. The molecular weight excluding hydrogens is 198 g/mol. The van der Waals surface area contributed by atoms with Crippen LogP contribution in [0, 0.1) is 11.8 Å². The van der Waals surface area contributed by atoms with E-state index in [4.69, 9.17) is 10.8 Å². The molecule has 0 fully saturated rings. The van der Waals surface area contributed by atoms with E-state index in [-0.39, 0.29) is 18.8 Å². The Hall–Kier alpha value is -1.39. The van der Waals surface area contributed by atoms with Gasteiger partial charge in [0.2, 0.25) is 11.7 Å². The van der Waals surface area contributed by atoms with E-state index in [0.717, 1.165) is 0 Å². The van der Waals surface area contributed by atoms with Crippen LogP contribution in [0.15, 0.2) is 0 Å². The Bertz CT molecular complexity index is 260. The van der Waals surface area contributed by atoms with Gasteiger partial charge < -0.3 is 10.8 Å². The van der Waals surface area contributed by atoms with Gasteiger partial charge in [0.1, 0.15) is 0 Å². The van der Waals surface area contributed by atoms with Crippen LogP contribution in [0.5, 0.6) is 0 Å². The number of Topliss-reactive ketones (excluding diaryl/α,β-unsaturated/α-hetero) is 1. The standard InChI is InChI=1S/C10H17NO4/c1-6(2)5-7(3-4-8(11)12)9(13)10(14)15/h6-7H,3-5H2,1-2H3,(H2,11,12)(H,14,15)/t7-/m1/s1. The maximum Gasteiger partial charge on any atom is 0.372 e. The Kier molecular flexibility index (Phi) is 5.59. The third-order valence-corrected chi connectivity index (χ3v) is 2.08. The molecule has 0 saturated carbocycles. The van der Waals surface area contributed by atoms with Crippen LogP contribution in [-0.4, -0.2) is 22.8 Å². The average molecular weight is 215 g/mol. The highest BCUT2D eigenvalue weighted by molar-refractivity contribution is 6.33. The minimum absolute atomic E-state index is 0.0520. The zero-order valence-corrected chi connectivity index (χ0v) is 9.03. The number of ketones is 1. The van der Waals surface area contributed by atoms with Gasteiger partial charge in [0.25, 0.3) is 0 Å². The predicted octanol–water partition coefficient (Wildman–Crippen LogP) is 0.568. The molecule has 0 aromatic carbocycles. The number of carboxylic acids is 1. The molecule has 0 heterocycles. The SMILES string of the molecule is CC(C)C[C@@H](CCC(N)=O)C(=O)C(=O)O. The molecule has 0 unspecified atom stereocenters. The molecule has 0 saturated heterocycles. The van der Waals surface area contributed by atoms with Crippen molar-refractivity contribution in [1.82, 2.24) is 0 Å². The van der Waals surface area contributed by atoms with Crippen molar-refractivity contribution >= 4 is 17.7 Å². The van der Waals surface area contributed by atoms with Crippen molar-refractivity contribution in [1.29, 1.82) is 0 Å². The first-order valence-electron chi connectivity index (χ1n) is 4.90. The molecule has 5 nitrogen and oxygen atoms in total. The molecule has 0 radical (unpaired) electrons. The third-order valence-electron chi connectivity index (χ3n) is 2.08. The van der Waals surface area contributed by atoms with Crippen LogP contribution >= 0.6 is 0 Å². The first kappa shape index (κ1) is 13.6. The number of amides is 1. The number of primary amides is 1. The molecule has 0 bridgehead atoms. The highest BCUT2D eigenvalue weighted by Gasteiger charge is 2.25. The van der Waals surface area contributed by atoms with Gasteiger partial charge in [-0.15, -0.1) is 0 Å². The molecule has 3 N–H and O–H groups in total. The molecule has 0 aliphatic carbocycles. The van der Waals surface area contributed by atoms with E-state index in [0.29, 0.717) is 6.42 Å². The summed E-state index contributed by atoms with van der Waals surface area (Å²) >= 11 is 0. The molecule has 1 amide bonds. The molecule has 0 aromatic heterocycles. The Morgan fingerprint density at radius 3 is 2.13 bits per heavy atom. The lowest BCUT2D eigenvalue weighted by molar-refractivity contribution is -0.151. The number of carboxylic acid groups (broad SMARTS) is 1. The summed E-state index contributed by atoms with van der Waals surface area (Å²) in [7, 11) is 0. The number of aliphatic carboxylic acids is 1. The smallest absolute Gasteiger partial charge is 0.372 e. The normalized spacial score (nSPS) is 12.5. The highest BCUT2D eigenvalue weighted by atomic mass is 16.4. The lowest BCUT2D eigenvalue weighted by atomic mass is 9.89. The van der Waals surface area contributed by atoms with Crippen LogP contribution in [0.25, 0.3) is 0 Å². The van der Waals surface area contributed by atoms with Gasteiger partial charge in [-0.25, -0.2) is 4.79 Å². The van der Waals surface area contributed by atoms with Crippen molar-refractivity contribution in [2.45, 2.75) is 33.1 Å². The lowest BCUT2D eigenvalue weighted by Crippen LogP contribution is -2.26. The fourth-order valence-electron chi connectivity index (χ4n) is 1.42. The predicted molar refractivity (Wildman–Crippen MR) is 54.0 cm³/mol. The Labute approximate surface area is 88.6 Å². The average Bonchev–Trinajstić information content (AvgIpc) is 2.10. The summed E-state index contributed by atoms with van der Waals surface area (Å²) in [5.74, 6) is -3.17. The molecule has 5 heteroatoms. The van der Waals surface area contributed by atoms with Gasteiger partial charge in [-0.2, -0.15) is 0 Å². The third kappa shape index (κ3) is 5.83. The Morgan fingerprint density at radius 2 is 1.80 bits per heavy atom. The van der Waals surface area contributed by atoms with Gasteiger partial charge in [-0.05, 0) is 18.8 Å². The number of hydrogen-bond acceptors (Lipinski definition) is 3. The van der Waals surface area contributed by atoms with Crippen molar-refractivity contribution in [3.05, 3.63) is 0 Å². The molecule has 15 heavy (non-hydrogen) atoms. The largest absolute Gasteiger partial charge is 0.475 e. The van der Waals surface area contributed by atoms with E-state index >= 15 is 0 Å². The van der Waals surface area contributed by atoms with Crippen LogP contribution in [0.3, 0.4) is 0 Å². The van der Waals surface area contributed by atoms with Crippen LogP contribution in [0.1, 0.15) is 33.1 Å². The zero-order chi connectivity index (χ0) is 12.0. The van der Waals surface area contributed by atoms with Crippen molar-refractivity contribution in [3.63, 3.8) is 0 Å². The quantitative estimate of drug-likeness (QED) is 0.606. The number of nitrogens with two attached hydrogens (primary N) is 1. The van der Waals surface area contributed by atoms with E-state index < -0.39 is 23.6 Å². The topological polar surface area (TPSA) is 97.5 Å². The summed E-state index contributed by atoms with van der Waals surface area (Å²) in [6.45, 7) is 3.79. The summed E-state index contributed by atoms with van der Waals surface area (Å²) < 4.78 is 0. The van der Waals surface area contributed by atoms with Crippen molar-refractivity contribution in [2.75, 3.05) is 0 Å². The van der Waals surface area contributed by atoms with Crippen molar-refractivity contribution in [2.24, 2.45) is 17.6 Å². The summed E-state index contributed by atoms with van der Waals surface area (Å²) in [5, 5.41) is 8.56. The Morgan fingerprint density at radius 1 is 1.27 bits per heavy atom. The second-order valence-electron chi connectivity index (χ2n) is 4.00. The van der Waals surface area contributed by atoms with E-state index in [1.807, 2.05) is 13.8 Å². The molecule has 0 aliphatic heterocycles. The number of hydrogen-bond donors (Lipinski definition) is 2. The molecule has 0 aromatic rings. The molecule has 86 valence electrons. The van der Waals surface area contributed by atoms with Crippen LogP contribution in [0.4, 0.5) is 0 Å². The summed E-state index contributed by atoms with van der Waals surface area (Å²) in [6.07, 6.45) is 0.744. The lowest BCUT2D eigenvalue weighted by Gasteiger charge is -2.14. The van der Waals surface area contributed by atoms with E-state index in [2.05, 4.69) is 0 Å². The first-order chi connectivity index (χ1) is 6.84. The molecular formula is C10H17NO4. The molecule has 0 rings (SSSR count). The van der Waals surface area contributed by atoms with Gasteiger partial charge in [0.05, 0.1) is 0 Å². The maximum absolute atomic E-state index is 11.2. The van der Waals surface area contributed by atoms with Gasteiger partial charge in [-0.3, -0.25) is 9.59 Å². The van der Waals surface area contributed by atoms with Crippen LogP contribution in [0.2, 0.25) is 0 Å². The van der Waals surface area contributed by atoms with Gasteiger partial charge in [0.15, 0.2) is 0 Å². The van der Waals surface area contributed by atoms with Gasteiger partial charge >= 0.3 is 5.97 Å². The van der Waals surface area contributed by atoms with Gasteiger partial charge in [0, 0.05) is 12.3 Å². The monoisotopic (exact) mass is 215 g/mol. The minimum atomic E-state index is -1.44. The van der Waals surface area contributed by atoms with E-state index in [1.54, 1.807) is 0 Å². The maximum atomic E-state index is 11.2. The Balaban J connectivity index is 4.36. The van der Waals surface area contributed by atoms with Crippen molar-refractivity contribution in [3.8, 4) is 0 Å². The minimum Gasteiger partial charge on any atom is -0.475 e. The summed E-state index contributed by atoms with van der Waals surface area (Å²) in [4.78, 5) is 32.3. The second-order valence-corrected chi connectivity index (χ2v) is 4.00. The van der Waals surface area contributed by atoms with Crippen molar-refractivity contribution < 1.29 is 19.5 Å². The zero-order valence-electron chi connectivity index (χ0n) is 9.03.